The van der Waals surface area contributed by atoms with E-state index in [9.17, 15) is 0 Å². The molecule has 0 saturated carbocycles. The molecule has 1 N–H and O–H groups in total. The van der Waals surface area contributed by atoms with Crippen molar-refractivity contribution in [2.24, 2.45) is 5.92 Å². The van der Waals surface area contributed by atoms with Crippen molar-refractivity contribution in [3.63, 3.8) is 0 Å². The molecule has 0 aliphatic carbocycles. The van der Waals surface area contributed by atoms with Crippen LogP contribution in [0.5, 0.6) is 5.75 Å². The number of hydrogen-bond donors (Lipinski definition) is 1. The van der Waals surface area contributed by atoms with Crippen LogP contribution < -0.4 is 10.1 Å². The monoisotopic (exact) mass is 327 g/mol. The Hall–Kier alpha value is -2.18. The van der Waals surface area contributed by atoms with Crippen molar-refractivity contribution >= 4 is 27.4 Å². The fraction of sp³-hybridized carbons (Fsp3) is 0.294. The molecule has 0 bridgehead atoms. The molecule has 1 saturated heterocycles. The van der Waals surface area contributed by atoms with Crippen LogP contribution in [0.25, 0.3) is 20.7 Å². The van der Waals surface area contributed by atoms with E-state index in [2.05, 4.69) is 33.5 Å². The van der Waals surface area contributed by atoms with Gasteiger partial charge in [-0.1, -0.05) is 0 Å². The minimum atomic E-state index is 0.584. The van der Waals surface area contributed by atoms with Gasteiger partial charge < -0.3 is 14.8 Å². The molecule has 0 spiro atoms. The Labute approximate surface area is 138 Å². The van der Waals surface area contributed by atoms with Crippen LogP contribution in [-0.4, -0.2) is 36.8 Å². The van der Waals surface area contributed by atoms with E-state index in [1.165, 1.54) is 4.88 Å². The number of fused-ring (bicyclic) bond motifs is 1. The molecule has 4 rings (SSSR count). The first-order valence-corrected chi connectivity index (χ1v) is 8.36. The molecule has 1 aromatic carbocycles. The lowest BCUT2D eigenvalue weighted by atomic mass is 10.1. The predicted octanol–water partition coefficient (Wildman–Crippen LogP) is 3.43. The number of anilines is 1. The normalized spacial score (nSPS) is 14.7. The molecule has 3 heterocycles. The summed E-state index contributed by atoms with van der Waals surface area (Å²) in [5, 5.41) is 3.43. The second-order valence-corrected chi connectivity index (χ2v) is 6.61. The molecule has 1 aliphatic rings. The molecular weight excluding hydrogens is 310 g/mol. The van der Waals surface area contributed by atoms with Crippen molar-refractivity contribution in [1.29, 1.82) is 0 Å². The number of ether oxygens (including phenoxy) is 2. The number of nitrogens with one attached hydrogen (secondary N) is 1. The molecule has 0 radical (unpaired) electrons. The maximum atomic E-state index is 5.21. The van der Waals surface area contributed by atoms with Gasteiger partial charge in [0, 0.05) is 17.3 Å². The lowest BCUT2D eigenvalue weighted by Gasteiger charge is -2.26. The van der Waals surface area contributed by atoms with E-state index in [0.29, 0.717) is 5.92 Å². The third kappa shape index (κ3) is 2.87. The van der Waals surface area contributed by atoms with Gasteiger partial charge >= 0.3 is 0 Å². The largest absolute Gasteiger partial charge is 0.497 e. The zero-order valence-corrected chi connectivity index (χ0v) is 13.6. The number of thiophene rings is 1. The maximum Gasteiger partial charge on any atom is 0.147 e. The summed E-state index contributed by atoms with van der Waals surface area (Å²) in [6.07, 6.45) is 1.62. The van der Waals surface area contributed by atoms with E-state index in [0.717, 1.165) is 47.1 Å². The number of hydrogen-bond acceptors (Lipinski definition) is 6. The maximum absolute atomic E-state index is 5.21. The molecule has 0 atom stereocenters. The van der Waals surface area contributed by atoms with E-state index >= 15 is 0 Å². The summed E-state index contributed by atoms with van der Waals surface area (Å²) in [6.45, 7) is 2.56. The van der Waals surface area contributed by atoms with Crippen LogP contribution in [0.15, 0.2) is 36.7 Å². The molecule has 1 aliphatic heterocycles. The van der Waals surface area contributed by atoms with Crippen molar-refractivity contribution in [2.75, 3.05) is 32.2 Å². The van der Waals surface area contributed by atoms with Crippen molar-refractivity contribution in [2.45, 2.75) is 0 Å². The van der Waals surface area contributed by atoms with Gasteiger partial charge in [0.2, 0.25) is 0 Å². The lowest BCUT2D eigenvalue weighted by molar-refractivity contribution is -0.0248. The zero-order valence-electron chi connectivity index (χ0n) is 12.8. The van der Waals surface area contributed by atoms with Crippen molar-refractivity contribution < 1.29 is 9.47 Å². The third-order valence-electron chi connectivity index (χ3n) is 3.95. The topological polar surface area (TPSA) is 56.3 Å². The molecule has 1 fully saturated rings. The average Bonchev–Trinajstić information content (AvgIpc) is 2.98. The number of rotatable bonds is 5. The summed E-state index contributed by atoms with van der Waals surface area (Å²) >= 11 is 1.71. The molecule has 3 aromatic rings. The molecule has 23 heavy (non-hydrogen) atoms. The fourth-order valence-electron chi connectivity index (χ4n) is 2.52. The van der Waals surface area contributed by atoms with Crippen LogP contribution in [0.2, 0.25) is 0 Å². The van der Waals surface area contributed by atoms with E-state index in [1.807, 2.05) is 12.1 Å². The van der Waals surface area contributed by atoms with E-state index in [1.54, 1.807) is 24.8 Å². The molecule has 6 heteroatoms. The molecule has 0 amide bonds. The molecule has 5 nitrogen and oxygen atoms in total. The van der Waals surface area contributed by atoms with Gasteiger partial charge in [0.15, 0.2) is 0 Å². The van der Waals surface area contributed by atoms with Gasteiger partial charge in [-0.05, 0) is 35.9 Å². The summed E-state index contributed by atoms with van der Waals surface area (Å²) < 4.78 is 11.5. The van der Waals surface area contributed by atoms with Crippen LogP contribution in [-0.2, 0) is 4.74 Å². The Morgan fingerprint density at radius 1 is 1.26 bits per heavy atom. The van der Waals surface area contributed by atoms with Gasteiger partial charge in [-0.25, -0.2) is 9.97 Å². The highest BCUT2D eigenvalue weighted by molar-refractivity contribution is 7.22. The van der Waals surface area contributed by atoms with E-state index in [-0.39, 0.29) is 0 Å². The van der Waals surface area contributed by atoms with E-state index < -0.39 is 0 Å². The molecular formula is C17H17N3O2S. The first-order chi connectivity index (χ1) is 11.3. The van der Waals surface area contributed by atoms with Gasteiger partial charge in [-0.3, -0.25) is 0 Å². The van der Waals surface area contributed by atoms with Gasteiger partial charge in [-0.2, -0.15) is 0 Å². The minimum Gasteiger partial charge on any atom is -0.497 e. The fourth-order valence-corrected chi connectivity index (χ4v) is 3.60. The average molecular weight is 327 g/mol. The first kappa shape index (κ1) is 14.4. The number of benzene rings is 1. The summed E-state index contributed by atoms with van der Waals surface area (Å²) in [6, 6.07) is 10.2. The minimum absolute atomic E-state index is 0.584. The third-order valence-corrected chi connectivity index (χ3v) is 5.13. The van der Waals surface area contributed by atoms with Crippen LogP contribution in [0.3, 0.4) is 0 Å². The van der Waals surface area contributed by atoms with Crippen LogP contribution in [0.4, 0.5) is 5.82 Å². The van der Waals surface area contributed by atoms with Crippen LogP contribution >= 0.6 is 11.3 Å². The van der Waals surface area contributed by atoms with Crippen molar-refractivity contribution in [3.8, 4) is 16.2 Å². The predicted molar refractivity (Wildman–Crippen MR) is 92.2 cm³/mol. The molecule has 118 valence electrons. The molecule has 0 unspecified atom stereocenters. The standard InChI is InChI=1S/C17H17N3O2S/c1-21-13-4-2-12(3-5-13)15-6-14-16(23-15)17(20-10-19-14)18-7-11-8-22-9-11/h2-6,10-11H,7-9H2,1H3,(H,18,19,20). The SMILES string of the molecule is COc1ccc(-c2cc3ncnc(NCC4COC4)c3s2)cc1. The summed E-state index contributed by atoms with van der Waals surface area (Å²) in [5.74, 6) is 2.35. The van der Waals surface area contributed by atoms with Gasteiger partial charge in [-0.15, -0.1) is 11.3 Å². The Bertz CT molecular complexity index is 812. The second kappa shape index (κ2) is 6.14. The van der Waals surface area contributed by atoms with Gasteiger partial charge in [0.05, 0.1) is 30.5 Å². The van der Waals surface area contributed by atoms with E-state index in [4.69, 9.17) is 9.47 Å². The highest BCUT2D eigenvalue weighted by Crippen LogP contribution is 2.36. The van der Waals surface area contributed by atoms with Gasteiger partial charge in [0.25, 0.3) is 0 Å². The Kier molecular flexibility index (Phi) is 3.85. The van der Waals surface area contributed by atoms with Crippen molar-refractivity contribution in [1.82, 2.24) is 9.97 Å². The van der Waals surface area contributed by atoms with Crippen LogP contribution in [0.1, 0.15) is 0 Å². The smallest absolute Gasteiger partial charge is 0.147 e. The Morgan fingerprint density at radius 2 is 2.09 bits per heavy atom. The quantitative estimate of drug-likeness (QED) is 0.778. The summed E-state index contributed by atoms with van der Waals surface area (Å²) in [7, 11) is 1.68. The number of nitrogens with zero attached hydrogens (tertiary/aromatic N) is 2. The zero-order chi connectivity index (χ0) is 15.6. The summed E-state index contributed by atoms with van der Waals surface area (Å²) in [4.78, 5) is 9.97. The number of methoxy groups -OCH3 is 1. The number of aromatic nitrogens is 2. The first-order valence-electron chi connectivity index (χ1n) is 7.54. The molecule has 2 aromatic heterocycles. The Morgan fingerprint density at radius 3 is 2.78 bits per heavy atom. The highest BCUT2D eigenvalue weighted by Gasteiger charge is 2.19. The Balaban J connectivity index is 1.63. The second-order valence-electron chi connectivity index (χ2n) is 5.56. The highest BCUT2D eigenvalue weighted by atomic mass is 32.1. The summed E-state index contributed by atoms with van der Waals surface area (Å²) in [5.41, 5.74) is 2.13. The van der Waals surface area contributed by atoms with Crippen molar-refractivity contribution in [3.05, 3.63) is 36.7 Å². The van der Waals surface area contributed by atoms with Crippen LogP contribution in [0, 0.1) is 5.92 Å². The lowest BCUT2D eigenvalue weighted by Crippen LogP contribution is -2.33. The van der Waals surface area contributed by atoms with Gasteiger partial charge in [0.1, 0.15) is 17.9 Å².